The Labute approximate surface area is 74.8 Å². The Kier molecular flexibility index (Phi) is 2.83. The van der Waals surface area contributed by atoms with Crippen LogP contribution in [-0.4, -0.2) is 12.2 Å². The molecule has 0 atom stereocenters. The lowest BCUT2D eigenvalue weighted by Gasteiger charge is -2.08. The number of aliphatic hydroxyl groups excluding tert-OH is 1. The minimum atomic E-state index is -0.840. The summed E-state index contributed by atoms with van der Waals surface area (Å²) < 4.78 is 31.0. The van der Waals surface area contributed by atoms with Crippen molar-refractivity contribution in [2.45, 2.75) is 13.5 Å². The van der Waals surface area contributed by atoms with E-state index in [1.54, 1.807) is 0 Å². The van der Waals surface area contributed by atoms with Crippen molar-refractivity contribution in [3.05, 3.63) is 28.8 Å². The van der Waals surface area contributed by atoms with Crippen LogP contribution in [0.25, 0.3) is 0 Å². The van der Waals surface area contributed by atoms with E-state index in [4.69, 9.17) is 5.11 Å². The molecule has 0 spiro atoms. The summed E-state index contributed by atoms with van der Waals surface area (Å²) in [5.41, 5.74) is -0.0980. The summed E-state index contributed by atoms with van der Waals surface area (Å²) in [6.07, 6.45) is 0. The van der Waals surface area contributed by atoms with Crippen molar-refractivity contribution in [1.29, 1.82) is 0 Å². The summed E-state index contributed by atoms with van der Waals surface area (Å²) in [6, 6.07) is 1.25. The Morgan fingerprint density at radius 1 is 1.38 bits per heavy atom. The topological polar surface area (TPSA) is 29.5 Å². The van der Waals surface area contributed by atoms with Gasteiger partial charge in [0, 0.05) is 0 Å². The van der Waals surface area contributed by atoms with E-state index < -0.39 is 18.2 Å². The lowest BCUT2D eigenvalue weighted by atomic mass is 10.1. The van der Waals surface area contributed by atoms with Crippen LogP contribution in [0.2, 0.25) is 0 Å². The molecule has 0 bridgehead atoms. The second-order valence-electron chi connectivity index (χ2n) is 2.66. The first-order valence-corrected chi connectivity index (χ1v) is 3.74. The van der Waals surface area contributed by atoms with Crippen molar-refractivity contribution in [2.24, 2.45) is 0 Å². The Bertz CT molecular complexity index is 324. The van der Waals surface area contributed by atoms with Crippen LogP contribution in [0.3, 0.4) is 0 Å². The maximum atomic E-state index is 13.2. The van der Waals surface area contributed by atoms with Crippen LogP contribution in [0.4, 0.5) is 8.78 Å². The lowest BCUT2D eigenvalue weighted by molar-refractivity contribution is 0.265. The molecule has 13 heavy (non-hydrogen) atoms. The fourth-order valence-electron chi connectivity index (χ4n) is 1.09. The van der Waals surface area contributed by atoms with Gasteiger partial charge in [0.15, 0.2) is 11.6 Å². The Hall–Kier alpha value is -1.16. The van der Waals surface area contributed by atoms with Gasteiger partial charge >= 0.3 is 0 Å². The van der Waals surface area contributed by atoms with Crippen LogP contribution < -0.4 is 4.74 Å². The summed E-state index contributed by atoms with van der Waals surface area (Å²) in [5.74, 6) is -1.61. The minimum absolute atomic E-state index is 0.0528. The van der Waals surface area contributed by atoms with Crippen molar-refractivity contribution in [3.63, 3.8) is 0 Å². The van der Waals surface area contributed by atoms with E-state index in [0.29, 0.717) is 0 Å². The lowest BCUT2D eigenvalue weighted by Crippen LogP contribution is -2.01. The average Bonchev–Trinajstić information content (AvgIpc) is 2.12. The number of ether oxygens (including phenoxy) is 1. The molecule has 0 aliphatic heterocycles. The first-order valence-electron chi connectivity index (χ1n) is 3.74. The van der Waals surface area contributed by atoms with E-state index in [9.17, 15) is 8.78 Å². The summed E-state index contributed by atoms with van der Waals surface area (Å²) in [4.78, 5) is 0. The molecule has 1 N–H and O–H groups in total. The molecule has 0 unspecified atom stereocenters. The first kappa shape index (κ1) is 9.92. The molecule has 2 nitrogen and oxygen atoms in total. The SMILES string of the molecule is COc1cc(C)c(F)c(CO)c1F. The zero-order valence-electron chi connectivity index (χ0n) is 7.40. The summed E-state index contributed by atoms with van der Waals surface area (Å²) in [6.45, 7) is 0.812. The number of hydrogen-bond acceptors (Lipinski definition) is 2. The molecule has 1 aromatic rings. The average molecular weight is 188 g/mol. The Morgan fingerprint density at radius 3 is 2.46 bits per heavy atom. The Morgan fingerprint density at radius 2 is 2.00 bits per heavy atom. The fraction of sp³-hybridized carbons (Fsp3) is 0.333. The molecular formula is C9H10F2O2. The monoisotopic (exact) mass is 188 g/mol. The van der Waals surface area contributed by atoms with Gasteiger partial charge in [0.2, 0.25) is 0 Å². The van der Waals surface area contributed by atoms with Gasteiger partial charge in [0.1, 0.15) is 5.82 Å². The molecule has 0 aliphatic carbocycles. The van der Waals surface area contributed by atoms with E-state index in [-0.39, 0.29) is 16.9 Å². The molecule has 72 valence electrons. The number of hydrogen-bond donors (Lipinski definition) is 1. The van der Waals surface area contributed by atoms with Crippen molar-refractivity contribution >= 4 is 0 Å². The van der Waals surface area contributed by atoms with Gasteiger partial charge < -0.3 is 9.84 Å². The zero-order chi connectivity index (χ0) is 10.0. The second kappa shape index (κ2) is 3.70. The molecule has 0 saturated heterocycles. The number of benzene rings is 1. The molecule has 1 rings (SSSR count). The molecule has 0 radical (unpaired) electrons. The molecular weight excluding hydrogens is 178 g/mol. The van der Waals surface area contributed by atoms with Crippen LogP contribution in [0, 0.1) is 18.6 Å². The quantitative estimate of drug-likeness (QED) is 0.766. The molecule has 0 saturated carbocycles. The van der Waals surface area contributed by atoms with E-state index in [1.165, 1.54) is 20.1 Å². The largest absolute Gasteiger partial charge is 0.494 e. The highest BCUT2D eigenvalue weighted by molar-refractivity contribution is 5.36. The fourth-order valence-corrected chi connectivity index (χ4v) is 1.09. The molecule has 0 fully saturated rings. The highest BCUT2D eigenvalue weighted by Crippen LogP contribution is 2.25. The van der Waals surface area contributed by atoms with Crippen molar-refractivity contribution in [2.75, 3.05) is 7.11 Å². The molecule has 0 aromatic heterocycles. The van der Waals surface area contributed by atoms with Gasteiger partial charge in [-0.2, -0.15) is 0 Å². The number of aryl methyl sites for hydroxylation is 1. The van der Waals surface area contributed by atoms with Crippen LogP contribution in [0.1, 0.15) is 11.1 Å². The van der Waals surface area contributed by atoms with E-state index in [2.05, 4.69) is 4.74 Å². The highest BCUT2D eigenvalue weighted by Gasteiger charge is 2.15. The molecule has 0 aliphatic rings. The summed E-state index contributed by atoms with van der Waals surface area (Å²) >= 11 is 0. The number of methoxy groups -OCH3 is 1. The molecule has 1 aromatic carbocycles. The zero-order valence-corrected chi connectivity index (χ0v) is 7.40. The van der Waals surface area contributed by atoms with E-state index in [1.807, 2.05) is 0 Å². The van der Waals surface area contributed by atoms with E-state index in [0.717, 1.165) is 0 Å². The number of aliphatic hydroxyl groups is 1. The minimum Gasteiger partial charge on any atom is -0.494 e. The third-order valence-electron chi connectivity index (χ3n) is 1.82. The van der Waals surface area contributed by atoms with Gasteiger partial charge in [-0.1, -0.05) is 0 Å². The Balaban J connectivity index is 3.39. The normalized spacial score (nSPS) is 10.2. The van der Waals surface area contributed by atoms with Gasteiger partial charge in [-0.25, -0.2) is 8.78 Å². The molecule has 4 heteroatoms. The maximum Gasteiger partial charge on any atom is 0.173 e. The standard InChI is InChI=1S/C9H10F2O2/c1-5-3-7(13-2)9(11)6(4-12)8(5)10/h3,12H,4H2,1-2H3. The smallest absolute Gasteiger partial charge is 0.173 e. The third kappa shape index (κ3) is 1.62. The van der Waals surface area contributed by atoms with Crippen LogP contribution in [0.5, 0.6) is 5.75 Å². The molecule has 0 amide bonds. The van der Waals surface area contributed by atoms with Crippen LogP contribution >= 0.6 is 0 Å². The van der Waals surface area contributed by atoms with Gasteiger partial charge in [-0.3, -0.25) is 0 Å². The predicted octanol–water partition coefficient (Wildman–Crippen LogP) is 1.77. The number of rotatable bonds is 2. The molecule has 0 heterocycles. The third-order valence-corrected chi connectivity index (χ3v) is 1.82. The van der Waals surface area contributed by atoms with Gasteiger partial charge in [0.25, 0.3) is 0 Å². The van der Waals surface area contributed by atoms with Crippen molar-refractivity contribution in [3.8, 4) is 5.75 Å². The summed E-state index contributed by atoms with van der Waals surface area (Å²) in [5, 5.41) is 8.71. The van der Waals surface area contributed by atoms with E-state index >= 15 is 0 Å². The highest BCUT2D eigenvalue weighted by atomic mass is 19.1. The summed E-state index contributed by atoms with van der Waals surface area (Å²) in [7, 11) is 1.29. The van der Waals surface area contributed by atoms with Crippen molar-refractivity contribution < 1.29 is 18.6 Å². The maximum absolute atomic E-state index is 13.2. The van der Waals surface area contributed by atoms with Crippen LogP contribution in [-0.2, 0) is 6.61 Å². The van der Waals surface area contributed by atoms with Gasteiger partial charge in [-0.15, -0.1) is 0 Å². The van der Waals surface area contributed by atoms with Gasteiger partial charge in [0.05, 0.1) is 19.3 Å². The predicted molar refractivity (Wildman–Crippen MR) is 43.6 cm³/mol. The second-order valence-corrected chi connectivity index (χ2v) is 2.66. The van der Waals surface area contributed by atoms with Crippen LogP contribution in [0.15, 0.2) is 6.07 Å². The first-order chi connectivity index (χ1) is 6.11. The number of halogens is 2. The van der Waals surface area contributed by atoms with Gasteiger partial charge in [-0.05, 0) is 18.6 Å². The van der Waals surface area contributed by atoms with Crippen molar-refractivity contribution in [1.82, 2.24) is 0 Å².